The van der Waals surface area contributed by atoms with Gasteiger partial charge in [0.05, 0.1) is 10.6 Å². The van der Waals surface area contributed by atoms with Gasteiger partial charge in [-0.05, 0) is 56.3 Å². The van der Waals surface area contributed by atoms with Crippen molar-refractivity contribution in [3.8, 4) is 0 Å². The summed E-state index contributed by atoms with van der Waals surface area (Å²) in [5.41, 5.74) is 0.0781. The topological polar surface area (TPSA) is 32.3 Å². The molecule has 1 aromatic rings. The fraction of sp³-hybridized carbons (Fsp3) is 0.562. The average Bonchev–Trinajstić information content (AvgIpc) is 2.52. The lowest BCUT2D eigenvalue weighted by Crippen LogP contribution is -2.47. The minimum Gasteiger partial charge on any atom is -0.339 e. The van der Waals surface area contributed by atoms with Gasteiger partial charge >= 0.3 is 0 Å². The Morgan fingerprint density at radius 1 is 1.09 bits per heavy atom. The van der Waals surface area contributed by atoms with E-state index in [9.17, 15) is 13.6 Å². The van der Waals surface area contributed by atoms with Gasteiger partial charge in [0.15, 0.2) is 0 Å². The molecule has 1 spiro atoms. The Kier molecular flexibility index (Phi) is 4.37. The lowest BCUT2D eigenvalue weighted by atomic mass is 9.71. The Morgan fingerprint density at radius 2 is 1.73 bits per heavy atom. The van der Waals surface area contributed by atoms with E-state index in [1.54, 1.807) is 4.90 Å². The van der Waals surface area contributed by atoms with Crippen molar-refractivity contribution in [2.24, 2.45) is 5.41 Å². The molecule has 1 N–H and O–H groups in total. The fourth-order valence-electron chi connectivity index (χ4n) is 3.50. The number of hydrogen-bond acceptors (Lipinski definition) is 2. The SMILES string of the molecule is O=C(c1cc(F)c(Cl)cc1F)N1CCC2(CCNCC2)CC1. The first-order valence-electron chi connectivity index (χ1n) is 7.65. The van der Waals surface area contributed by atoms with Gasteiger partial charge in [-0.15, -0.1) is 0 Å². The highest BCUT2D eigenvalue weighted by molar-refractivity contribution is 6.30. The fourth-order valence-corrected chi connectivity index (χ4v) is 3.65. The molecule has 0 aliphatic carbocycles. The summed E-state index contributed by atoms with van der Waals surface area (Å²) in [6.45, 7) is 3.24. The normalized spacial score (nSPS) is 21.1. The molecular formula is C16H19ClF2N2O. The lowest BCUT2D eigenvalue weighted by molar-refractivity contribution is 0.0491. The van der Waals surface area contributed by atoms with Crippen molar-refractivity contribution < 1.29 is 13.6 Å². The van der Waals surface area contributed by atoms with E-state index in [-0.39, 0.29) is 10.6 Å². The summed E-state index contributed by atoms with van der Waals surface area (Å²) in [6, 6.07) is 1.76. The quantitative estimate of drug-likeness (QED) is 0.803. The Labute approximate surface area is 133 Å². The number of hydrogen-bond donors (Lipinski definition) is 1. The van der Waals surface area contributed by atoms with Crippen molar-refractivity contribution >= 4 is 17.5 Å². The number of piperidine rings is 2. The van der Waals surface area contributed by atoms with Crippen LogP contribution in [0.25, 0.3) is 0 Å². The molecule has 2 saturated heterocycles. The second-order valence-electron chi connectivity index (χ2n) is 6.29. The van der Waals surface area contributed by atoms with E-state index in [0.717, 1.165) is 50.9 Å². The van der Waals surface area contributed by atoms with Crippen LogP contribution >= 0.6 is 11.6 Å². The molecule has 0 atom stereocenters. The molecule has 2 heterocycles. The second-order valence-corrected chi connectivity index (χ2v) is 6.70. The van der Waals surface area contributed by atoms with Crippen molar-refractivity contribution in [2.45, 2.75) is 25.7 Å². The van der Waals surface area contributed by atoms with Gasteiger partial charge in [0.1, 0.15) is 11.6 Å². The second kappa shape index (κ2) is 6.13. The summed E-state index contributed by atoms with van der Waals surface area (Å²) in [5.74, 6) is -1.98. The van der Waals surface area contributed by atoms with E-state index < -0.39 is 17.5 Å². The van der Waals surface area contributed by atoms with E-state index in [1.807, 2.05) is 0 Å². The maximum absolute atomic E-state index is 13.9. The molecule has 2 aliphatic rings. The van der Waals surface area contributed by atoms with Gasteiger partial charge in [-0.2, -0.15) is 0 Å². The number of rotatable bonds is 1. The van der Waals surface area contributed by atoms with Gasteiger partial charge in [0.2, 0.25) is 0 Å². The molecule has 2 fully saturated rings. The molecule has 1 aromatic carbocycles. The molecule has 0 bridgehead atoms. The highest BCUT2D eigenvalue weighted by Crippen LogP contribution is 2.39. The Morgan fingerprint density at radius 3 is 2.36 bits per heavy atom. The predicted molar refractivity (Wildman–Crippen MR) is 81.0 cm³/mol. The van der Waals surface area contributed by atoms with Crippen molar-refractivity contribution in [3.05, 3.63) is 34.4 Å². The number of halogens is 3. The van der Waals surface area contributed by atoms with Crippen molar-refractivity contribution in [1.82, 2.24) is 10.2 Å². The van der Waals surface area contributed by atoms with Crippen molar-refractivity contribution in [2.75, 3.05) is 26.2 Å². The summed E-state index contributed by atoms with van der Waals surface area (Å²) in [7, 11) is 0. The monoisotopic (exact) mass is 328 g/mol. The Balaban J connectivity index is 1.71. The van der Waals surface area contributed by atoms with E-state index in [1.165, 1.54) is 0 Å². The zero-order valence-corrected chi connectivity index (χ0v) is 13.1. The molecule has 0 unspecified atom stereocenters. The van der Waals surface area contributed by atoms with Gasteiger partial charge in [-0.25, -0.2) is 8.78 Å². The molecule has 0 saturated carbocycles. The van der Waals surface area contributed by atoms with Crippen LogP contribution in [0.4, 0.5) is 8.78 Å². The third kappa shape index (κ3) is 2.97. The van der Waals surface area contributed by atoms with Crippen LogP contribution in [0.1, 0.15) is 36.0 Å². The minimum absolute atomic E-state index is 0.233. The van der Waals surface area contributed by atoms with Gasteiger partial charge in [0.25, 0.3) is 5.91 Å². The van der Waals surface area contributed by atoms with Crippen molar-refractivity contribution in [1.29, 1.82) is 0 Å². The van der Waals surface area contributed by atoms with Crippen LogP contribution in [0, 0.1) is 17.0 Å². The number of benzene rings is 1. The summed E-state index contributed by atoms with van der Waals surface area (Å²) < 4.78 is 27.4. The predicted octanol–water partition coefficient (Wildman–Crippen LogP) is 3.22. The first kappa shape index (κ1) is 15.7. The van der Waals surface area contributed by atoms with Gasteiger partial charge < -0.3 is 10.2 Å². The molecule has 2 aliphatic heterocycles. The number of carbonyl (C=O) groups excluding carboxylic acids is 1. The van der Waals surface area contributed by atoms with Gasteiger partial charge in [-0.1, -0.05) is 11.6 Å². The summed E-state index contributed by atoms with van der Waals surface area (Å²) >= 11 is 5.53. The largest absolute Gasteiger partial charge is 0.339 e. The van der Waals surface area contributed by atoms with E-state index in [4.69, 9.17) is 11.6 Å². The third-order valence-corrected chi connectivity index (χ3v) is 5.31. The molecule has 3 nitrogen and oxygen atoms in total. The number of carbonyl (C=O) groups is 1. The molecule has 22 heavy (non-hydrogen) atoms. The molecule has 0 aromatic heterocycles. The highest BCUT2D eigenvalue weighted by Gasteiger charge is 2.37. The lowest BCUT2D eigenvalue weighted by Gasteiger charge is -2.44. The summed E-state index contributed by atoms with van der Waals surface area (Å²) in [6.07, 6.45) is 4.11. The first-order chi connectivity index (χ1) is 10.5. The smallest absolute Gasteiger partial charge is 0.256 e. The number of likely N-dealkylation sites (tertiary alicyclic amines) is 1. The van der Waals surface area contributed by atoms with Crippen molar-refractivity contribution in [3.63, 3.8) is 0 Å². The van der Waals surface area contributed by atoms with Gasteiger partial charge in [-0.3, -0.25) is 4.79 Å². The summed E-state index contributed by atoms with van der Waals surface area (Å²) in [5, 5.41) is 3.05. The molecule has 3 rings (SSSR count). The van der Waals surface area contributed by atoms with Crippen LogP contribution in [-0.2, 0) is 0 Å². The van der Waals surface area contributed by atoms with Crippen LogP contribution in [0.5, 0.6) is 0 Å². The van der Waals surface area contributed by atoms with Crippen LogP contribution in [0.2, 0.25) is 5.02 Å². The van der Waals surface area contributed by atoms with Crippen LogP contribution in [0.3, 0.4) is 0 Å². The zero-order valence-electron chi connectivity index (χ0n) is 12.3. The Hall–Kier alpha value is -1.20. The molecular weight excluding hydrogens is 310 g/mol. The maximum Gasteiger partial charge on any atom is 0.256 e. The standard InChI is InChI=1S/C16H19ClF2N2O/c17-12-10-13(18)11(9-14(12)19)15(22)21-7-3-16(4-8-21)1-5-20-6-2-16/h9-10,20H,1-8H2. The van der Waals surface area contributed by atoms with E-state index >= 15 is 0 Å². The first-order valence-corrected chi connectivity index (χ1v) is 8.03. The molecule has 0 radical (unpaired) electrons. The van der Waals surface area contributed by atoms with Crippen LogP contribution < -0.4 is 5.32 Å². The summed E-state index contributed by atoms with van der Waals surface area (Å²) in [4.78, 5) is 14.0. The van der Waals surface area contributed by atoms with Crippen LogP contribution in [0.15, 0.2) is 12.1 Å². The number of nitrogens with zero attached hydrogens (tertiary/aromatic N) is 1. The number of amides is 1. The van der Waals surface area contributed by atoms with Crippen LogP contribution in [-0.4, -0.2) is 37.0 Å². The van der Waals surface area contributed by atoms with E-state index in [2.05, 4.69) is 5.32 Å². The third-order valence-electron chi connectivity index (χ3n) is 5.02. The number of nitrogens with one attached hydrogen (secondary N) is 1. The van der Waals surface area contributed by atoms with E-state index in [0.29, 0.717) is 18.5 Å². The highest BCUT2D eigenvalue weighted by atomic mass is 35.5. The Bertz CT molecular complexity index is 578. The maximum atomic E-state index is 13.9. The molecule has 120 valence electrons. The van der Waals surface area contributed by atoms with Gasteiger partial charge in [0, 0.05) is 13.1 Å². The average molecular weight is 329 g/mol. The minimum atomic E-state index is -0.766. The molecule has 6 heteroatoms. The zero-order chi connectivity index (χ0) is 15.7. The molecule has 1 amide bonds.